The first-order valence-electron chi connectivity index (χ1n) is 6.73. The van der Waals surface area contributed by atoms with Crippen LogP contribution in [0.5, 0.6) is 0 Å². The summed E-state index contributed by atoms with van der Waals surface area (Å²) in [5.41, 5.74) is 3.71. The lowest BCUT2D eigenvalue weighted by atomic mass is 9.87. The van der Waals surface area contributed by atoms with Crippen LogP contribution in [0.25, 0.3) is 0 Å². The number of benzene rings is 1. The van der Waals surface area contributed by atoms with Crippen molar-refractivity contribution in [2.24, 2.45) is 11.3 Å². The van der Waals surface area contributed by atoms with Crippen molar-refractivity contribution in [3.8, 4) is 0 Å². The zero-order valence-corrected chi connectivity index (χ0v) is 11.8. The molecule has 0 saturated heterocycles. The lowest BCUT2D eigenvalue weighted by molar-refractivity contribution is 0.508. The average molecular weight is 231 g/mol. The van der Waals surface area contributed by atoms with Crippen molar-refractivity contribution < 1.29 is 0 Å². The Balaban J connectivity index is 2.29. The highest BCUT2D eigenvalue weighted by Crippen LogP contribution is 2.69. The number of rotatable bonds is 4. The van der Waals surface area contributed by atoms with Gasteiger partial charge in [-0.05, 0) is 42.5 Å². The van der Waals surface area contributed by atoms with Crippen LogP contribution in [0.15, 0.2) is 24.3 Å². The molecule has 0 aliphatic heterocycles. The molecule has 94 valence electrons. The molecule has 2 atom stereocenters. The minimum Gasteiger partial charge on any atom is -0.317 e. The Bertz CT molecular complexity index is 408. The highest BCUT2D eigenvalue weighted by Gasteiger charge is 2.68. The zero-order valence-electron chi connectivity index (χ0n) is 11.8. The van der Waals surface area contributed by atoms with Gasteiger partial charge in [-0.15, -0.1) is 0 Å². The van der Waals surface area contributed by atoms with E-state index in [1.54, 1.807) is 0 Å². The minimum atomic E-state index is 0.334. The van der Waals surface area contributed by atoms with E-state index < -0.39 is 0 Å². The molecule has 0 amide bonds. The summed E-state index contributed by atoms with van der Waals surface area (Å²) in [5.74, 6) is 0.746. The van der Waals surface area contributed by atoms with Gasteiger partial charge in [0.2, 0.25) is 0 Å². The lowest BCUT2D eigenvalue weighted by Crippen LogP contribution is -2.20. The van der Waals surface area contributed by atoms with E-state index in [4.69, 9.17) is 0 Å². The third kappa shape index (κ3) is 1.72. The number of nitrogens with one attached hydrogen (secondary N) is 1. The molecule has 0 spiro atoms. The first-order chi connectivity index (χ1) is 7.96. The molecule has 0 bridgehead atoms. The van der Waals surface area contributed by atoms with Gasteiger partial charge in [-0.2, -0.15) is 0 Å². The molecule has 1 fully saturated rings. The number of hydrogen-bond donors (Lipinski definition) is 1. The van der Waals surface area contributed by atoms with Crippen LogP contribution in [0.2, 0.25) is 0 Å². The monoisotopic (exact) mass is 231 g/mol. The summed E-state index contributed by atoms with van der Waals surface area (Å²) in [6.45, 7) is 13.9. The Hall–Kier alpha value is -0.820. The smallest absolute Gasteiger partial charge is 0.00276 e. The molecule has 1 nitrogen and oxygen atoms in total. The fourth-order valence-electron chi connectivity index (χ4n) is 3.54. The maximum absolute atomic E-state index is 3.51. The van der Waals surface area contributed by atoms with Crippen LogP contribution < -0.4 is 5.32 Å². The average Bonchev–Trinajstić information content (AvgIpc) is 2.71. The number of aryl methyl sites for hydroxylation is 1. The van der Waals surface area contributed by atoms with Gasteiger partial charge in [0.05, 0.1) is 0 Å². The van der Waals surface area contributed by atoms with Crippen LogP contribution in [0.3, 0.4) is 0 Å². The molecule has 1 aromatic rings. The van der Waals surface area contributed by atoms with Crippen LogP contribution >= 0.6 is 0 Å². The molecule has 0 radical (unpaired) electrons. The van der Waals surface area contributed by atoms with E-state index in [1.165, 1.54) is 11.1 Å². The van der Waals surface area contributed by atoms with Crippen LogP contribution in [-0.2, 0) is 5.41 Å². The second-order valence-corrected chi connectivity index (χ2v) is 6.10. The maximum Gasteiger partial charge on any atom is 0.00276 e. The largest absolute Gasteiger partial charge is 0.317 e. The van der Waals surface area contributed by atoms with Gasteiger partial charge >= 0.3 is 0 Å². The molecule has 0 aromatic heterocycles. The van der Waals surface area contributed by atoms with Crippen molar-refractivity contribution in [3.05, 3.63) is 35.4 Å². The van der Waals surface area contributed by atoms with E-state index in [0.29, 0.717) is 10.8 Å². The Morgan fingerprint density at radius 1 is 1.18 bits per heavy atom. The molecule has 2 rings (SSSR count). The summed E-state index contributed by atoms with van der Waals surface area (Å²) in [6.07, 6.45) is 0. The van der Waals surface area contributed by atoms with Gasteiger partial charge in [0, 0.05) is 5.41 Å². The molecule has 2 unspecified atom stereocenters. The van der Waals surface area contributed by atoms with E-state index >= 15 is 0 Å². The highest BCUT2D eigenvalue weighted by atomic mass is 14.9. The Kier molecular flexibility index (Phi) is 3.07. The molecule has 1 heteroatoms. The Labute approximate surface area is 106 Å². The molecule has 1 aliphatic carbocycles. The van der Waals surface area contributed by atoms with Crippen molar-refractivity contribution in [3.63, 3.8) is 0 Å². The van der Waals surface area contributed by atoms with Crippen LogP contribution in [0.4, 0.5) is 0 Å². The fourth-order valence-corrected chi connectivity index (χ4v) is 3.54. The Morgan fingerprint density at radius 2 is 1.82 bits per heavy atom. The molecule has 1 N–H and O–H groups in total. The summed E-state index contributed by atoms with van der Waals surface area (Å²) in [5, 5.41) is 3.51. The summed E-state index contributed by atoms with van der Waals surface area (Å²) < 4.78 is 0. The fraction of sp³-hybridized carbons (Fsp3) is 0.625. The number of hydrogen-bond acceptors (Lipinski definition) is 1. The highest BCUT2D eigenvalue weighted by molar-refractivity contribution is 5.43. The predicted molar refractivity (Wildman–Crippen MR) is 74.3 cm³/mol. The van der Waals surface area contributed by atoms with Gasteiger partial charge in [-0.3, -0.25) is 0 Å². The molecule has 1 aliphatic rings. The molecule has 1 aromatic carbocycles. The van der Waals surface area contributed by atoms with E-state index in [9.17, 15) is 0 Å². The van der Waals surface area contributed by atoms with Crippen LogP contribution in [0, 0.1) is 18.3 Å². The van der Waals surface area contributed by atoms with Crippen molar-refractivity contribution in [2.45, 2.75) is 40.0 Å². The second-order valence-electron chi connectivity index (χ2n) is 6.10. The van der Waals surface area contributed by atoms with E-state index in [-0.39, 0.29) is 0 Å². The van der Waals surface area contributed by atoms with Gasteiger partial charge in [-0.1, -0.05) is 52.0 Å². The predicted octanol–water partition coefficient (Wildman–Crippen LogP) is 3.52. The molecular formula is C16H25N. The third-order valence-electron chi connectivity index (χ3n) is 5.13. The summed E-state index contributed by atoms with van der Waals surface area (Å²) in [7, 11) is 0. The molecule has 0 heterocycles. The Morgan fingerprint density at radius 3 is 2.41 bits per heavy atom. The van der Waals surface area contributed by atoms with Gasteiger partial charge in [0.25, 0.3) is 0 Å². The van der Waals surface area contributed by atoms with Gasteiger partial charge < -0.3 is 5.32 Å². The summed E-state index contributed by atoms with van der Waals surface area (Å²) in [4.78, 5) is 0. The van der Waals surface area contributed by atoms with Crippen LogP contribution in [-0.4, -0.2) is 13.1 Å². The second kappa shape index (κ2) is 4.13. The lowest BCUT2D eigenvalue weighted by Gasteiger charge is -2.18. The van der Waals surface area contributed by atoms with Crippen molar-refractivity contribution in [2.75, 3.05) is 13.1 Å². The van der Waals surface area contributed by atoms with E-state index in [0.717, 1.165) is 19.0 Å². The first-order valence-corrected chi connectivity index (χ1v) is 6.73. The summed E-state index contributed by atoms with van der Waals surface area (Å²) in [6, 6.07) is 8.85. The van der Waals surface area contributed by atoms with Crippen molar-refractivity contribution >= 4 is 0 Å². The van der Waals surface area contributed by atoms with E-state index in [2.05, 4.69) is 64.2 Å². The molecule has 17 heavy (non-hydrogen) atoms. The minimum absolute atomic E-state index is 0.334. The standard InChI is InChI=1S/C16H25N/c1-6-17-11-14-15(3,4)16(14,5)13-10-8-7-9-12(13)2/h7-10,14,17H,6,11H2,1-5H3. The first kappa shape index (κ1) is 12.6. The maximum atomic E-state index is 3.51. The molecule has 1 saturated carbocycles. The third-order valence-corrected chi connectivity index (χ3v) is 5.13. The topological polar surface area (TPSA) is 12.0 Å². The van der Waals surface area contributed by atoms with Crippen molar-refractivity contribution in [1.82, 2.24) is 5.32 Å². The zero-order chi connectivity index (χ0) is 12.7. The SMILES string of the molecule is CCNCC1C(C)(C)C1(C)c1ccccc1C. The van der Waals surface area contributed by atoms with Gasteiger partial charge in [0.1, 0.15) is 0 Å². The summed E-state index contributed by atoms with van der Waals surface area (Å²) >= 11 is 0. The normalized spacial score (nSPS) is 30.3. The van der Waals surface area contributed by atoms with E-state index in [1.807, 2.05) is 0 Å². The molecular weight excluding hydrogens is 206 g/mol. The van der Waals surface area contributed by atoms with Gasteiger partial charge in [0.15, 0.2) is 0 Å². The van der Waals surface area contributed by atoms with Gasteiger partial charge in [-0.25, -0.2) is 0 Å². The van der Waals surface area contributed by atoms with Crippen molar-refractivity contribution in [1.29, 1.82) is 0 Å². The van der Waals surface area contributed by atoms with Crippen LogP contribution in [0.1, 0.15) is 38.8 Å². The quantitative estimate of drug-likeness (QED) is 0.836.